The molecule has 4 rings (SSSR count). The Hall–Kier alpha value is -4.12. The van der Waals surface area contributed by atoms with Gasteiger partial charge in [0.25, 0.3) is 0 Å². The van der Waals surface area contributed by atoms with Gasteiger partial charge in [-0.15, -0.1) is 0 Å². The number of nitrogens with one attached hydrogen (secondary N) is 2. The summed E-state index contributed by atoms with van der Waals surface area (Å²) >= 11 is 6.37. The van der Waals surface area contributed by atoms with Crippen LogP contribution in [0.4, 0.5) is 36.3 Å². The fourth-order valence-corrected chi connectivity index (χ4v) is 4.17. The average Bonchev–Trinajstić information content (AvgIpc) is 2.90. The van der Waals surface area contributed by atoms with Crippen molar-refractivity contribution in [3.8, 4) is 0 Å². The molecule has 1 aliphatic rings. The number of halogens is 4. The Morgan fingerprint density at radius 2 is 1.76 bits per heavy atom. The normalized spacial score (nSPS) is 13.7. The maximum atomic E-state index is 13.0. The van der Waals surface area contributed by atoms with Crippen LogP contribution in [0.15, 0.2) is 67.4 Å². The zero-order valence-electron chi connectivity index (χ0n) is 20.1. The molecular formula is C26H24ClF3N6O2. The predicted octanol–water partition coefficient (Wildman–Crippen LogP) is 4.91. The van der Waals surface area contributed by atoms with Crippen LogP contribution in [0, 0.1) is 0 Å². The van der Waals surface area contributed by atoms with Crippen LogP contribution >= 0.6 is 11.6 Å². The lowest BCUT2D eigenvalue weighted by atomic mass is 10.1. The highest BCUT2D eigenvalue weighted by atomic mass is 35.5. The molecule has 0 saturated carbocycles. The van der Waals surface area contributed by atoms with Gasteiger partial charge in [-0.1, -0.05) is 48.5 Å². The summed E-state index contributed by atoms with van der Waals surface area (Å²) in [6, 6.07) is 11.8. The van der Waals surface area contributed by atoms with E-state index >= 15 is 0 Å². The Balaban J connectivity index is 1.40. The number of aromatic nitrogens is 2. The van der Waals surface area contributed by atoms with Gasteiger partial charge in [-0.05, 0) is 29.8 Å². The Bertz CT molecular complexity index is 1340. The largest absolute Gasteiger partial charge is 0.416 e. The summed E-state index contributed by atoms with van der Waals surface area (Å²) in [6.45, 7) is 5.02. The first-order valence-corrected chi connectivity index (χ1v) is 12.0. The van der Waals surface area contributed by atoms with E-state index in [1.54, 1.807) is 29.2 Å². The molecule has 12 heteroatoms. The maximum absolute atomic E-state index is 13.0. The number of para-hydroxylation sites is 2. The lowest BCUT2D eigenvalue weighted by molar-refractivity contribution is -0.138. The van der Waals surface area contributed by atoms with E-state index in [0.717, 1.165) is 18.2 Å². The lowest BCUT2D eigenvalue weighted by Gasteiger charge is -2.35. The standard InChI is InChI=1S/C26H24ClF3N6O2/c1-2-22(37)32-20-8-3-4-9-21(20)33-25-31-16-19(27)24(34-25)36-12-10-35(11-13-36)23(38)15-17-6-5-7-18(14-17)26(28,29)30/h2-9,14,16H,1,10-13,15H2,(H,32,37)(H,31,33,34). The number of carbonyl (C=O) groups is 2. The number of rotatable bonds is 7. The molecule has 2 aromatic carbocycles. The first-order valence-electron chi connectivity index (χ1n) is 11.6. The summed E-state index contributed by atoms with van der Waals surface area (Å²) in [7, 11) is 0. The van der Waals surface area contributed by atoms with Crippen LogP contribution in [-0.4, -0.2) is 52.9 Å². The van der Waals surface area contributed by atoms with E-state index in [4.69, 9.17) is 11.6 Å². The lowest BCUT2D eigenvalue weighted by Crippen LogP contribution is -2.49. The second kappa shape index (κ2) is 11.5. The number of hydrogen-bond acceptors (Lipinski definition) is 6. The van der Waals surface area contributed by atoms with E-state index in [-0.39, 0.29) is 24.2 Å². The summed E-state index contributed by atoms with van der Waals surface area (Å²) in [4.78, 5) is 36.8. The zero-order chi connectivity index (χ0) is 27.3. The van der Waals surface area contributed by atoms with Crippen LogP contribution in [0.2, 0.25) is 5.02 Å². The van der Waals surface area contributed by atoms with Crippen LogP contribution in [0.1, 0.15) is 11.1 Å². The van der Waals surface area contributed by atoms with Gasteiger partial charge in [-0.25, -0.2) is 4.98 Å². The van der Waals surface area contributed by atoms with Crippen molar-refractivity contribution in [1.82, 2.24) is 14.9 Å². The summed E-state index contributed by atoms with van der Waals surface area (Å²) < 4.78 is 39.0. The maximum Gasteiger partial charge on any atom is 0.416 e. The second-order valence-corrected chi connectivity index (χ2v) is 8.88. The van der Waals surface area contributed by atoms with Crippen molar-refractivity contribution >= 4 is 46.6 Å². The third kappa shape index (κ3) is 6.60. The van der Waals surface area contributed by atoms with Crippen molar-refractivity contribution in [2.24, 2.45) is 0 Å². The SMILES string of the molecule is C=CC(=O)Nc1ccccc1Nc1ncc(Cl)c(N2CCN(C(=O)Cc3cccc(C(F)(F)F)c3)CC2)n1. The van der Waals surface area contributed by atoms with Crippen molar-refractivity contribution in [2.75, 3.05) is 41.7 Å². The van der Waals surface area contributed by atoms with E-state index in [1.165, 1.54) is 18.3 Å². The quantitative estimate of drug-likeness (QED) is 0.411. The molecule has 0 radical (unpaired) electrons. The number of benzene rings is 2. The molecule has 0 atom stereocenters. The van der Waals surface area contributed by atoms with Gasteiger partial charge in [0.05, 0.1) is 29.6 Å². The van der Waals surface area contributed by atoms with Gasteiger partial charge in [0.15, 0.2) is 5.82 Å². The van der Waals surface area contributed by atoms with Crippen molar-refractivity contribution in [1.29, 1.82) is 0 Å². The summed E-state index contributed by atoms with van der Waals surface area (Å²) in [6.07, 6.45) is -1.95. The topological polar surface area (TPSA) is 90.5 Å². The van der Waals surface area contributed by atoms with Crippen molar-refractivity contribution in [3.63, 3.8) is 0 Å². The number of anilines is 4. The highest BCUT2D eigenvalue weighted by Gasteiger charge is 2.31. The number of nitrogens with zero attached hydrogens (tertiary/aromatic N) is 4. The fraction of sp³-hybridized carbons (Fsp3) is 0.231. The van der Waals surface area contributed by atoms with Gasteiger partial charge in [0.2, 0.25) is 17.8 Å². The first-order chi connectivity index (χ1) is 18.1. The number of carbonyl (C=O) groups excluding carboxylic acids is 2. The number of hydrogen-bond donors (Lipinski definition) is 2. The van der Waals surface area contributed by atoms with Crippen LogP contribution in [-0.2, 0) is 22.2 Å². The predicted molar refractivity (Wildman–Crippen MR) is 140 cm³/mol. The van der Waals surface area contributed by atoms with Gasteiger partial charge in [0, 0.05) is 26.2 Å². The van der Waals surface area contributed by atoms with Gasteiger partial charge in [0.1, 0.15) is 5.02 Å². The van der Waals surface area contributed by atoms with E-state index in [1.807, 2.05) is 4.90 Å². The molecule has 38 heavy (non-hydrogen) atoms. The smallest absolute Gasteiger partial charge is 0.352 e. The molecule has 8 nitrogen and oxygen atoms in total. The highest BCUT2D eigenvalue weighted by molar-refractivity contribution is 6.32. The van der Waals surface area contributed by atoms with Crippen molar-refractivity contribution < 1.29 is 22.8 Å². The van der Waals surface area contributed by atoms with Crippen molar-refractivity contribution in [3.05, 3.63) is 83.5 Å². The second-order valence-electron chi connectivity index (χ2n) is 8.47. The Kier molecular flexibility index (Phi) is 8.16. The molecule has 0 unspecified atom stereocenters. The number of alkyl halides is 3. The molecular weight excluding hydrogens is 521 g/mol. The van der Waals surface area contributed by atoms with E-state index < -0.39 is 11.7 Å². The van der Waals surface area contributed by atoms with Crippen molar-refractivity contribution in [2.45, 2.75) is 12.6 Å². The molecule has 0 spiro atoms. The van der Waals surface area contributed by atoms with Crippen LogP contribution in [0.3, 0.4) is 0 Å². The monoisotopic (exact) mass is 544 g/mol. The molecule has 1 aromatic heterocycles. The van der Waals surface area contributed by atoms with Gasteiger partial charge < -0.3 is 20.4 Å². The van der Waals surface area contributed by atoms with Crippen LogP contribution < -0.4 is 15.5 Å². The van der Waals surface area contributed by atoms with Gasteiger partial charge in [-0.2, -0.15) is 18.2 Å². The summed E-state index contributed by atoms with van der Waals surface area (Å²) in [5, 5.41) is 6.11. The van der Waals surface area contributed by atoms with E-state index in [0.29, 0.717) is 54.0 Å². The molecule has 2 amide bonds. The molecule has 0 aliphatic carbocycles. The number of amides is 2. The first kappa shape index (κ1) is 26.9. The molecule has 1 fully saturated rings. The average molecular weight is 545 g/mol. The molecule has 1 saturated heterocycles. The molecule has 3 aromatic rings. The molecule has 198 valence electrons. The van der Waals surface area contributed by atoms with Gasteiger partial charge in [-0.3, -0.25) is 9.59 Å². The Morgan fingerprint density at radius 1 is 1.05 bits per heavy atom. The minimum atomic E-state index is -4.46. The van der Waals surface area contributed by atoms with Gasteiger partial charge >= 0.3 is 6.18 Å². The third-order valence-corrected chi connectivity index (χ3v) is 6.15. The molecule has 1 aliphatic heterocycles. The van der Waals surface area contributed by atoms with Crippen LogP contribution in [0.25, 0.3) is 0 Å². The van der Waals surface area contributed by atoms with E-state index in [9.17, 15) is 22.8 Å². The summed E-state index contributed by atoms with van der Waals surface area (Å²) in [5.41, 5.74) is 0.624. The molecule has 2 N–H and O–H groups in total. The Labute approximate surface area is 222 Å². The Morgan fingerprint density at radius 3 is 2.45 bits per heavy atom. The zero-order valence-corrected chi connectivity index (χ0v) is 20.9. The highest BCUT2D eigenvalue weighted by Crippen LogP contribution is 2.30. The van der Waals surface area contributed by atoms with Crippen LogP contribution in [0.5, 0.6) is 0 Å². The minimum Gasteiger partial charge on any atom is -0.352 e. The molecule has 0 bridgehead atoms. The molecule has 2 heterocycles. The fourth-order valence-electron chi connectivity index (χ4n) is 3.96. The summed E-state index contributed by atoms with van der Waals surface area (Å²) in [5.74, 6) is 0.116. The number of piperazine rings is 1. The minimum absolute atomic E-state index is 0.117. The van der Waals surface area contributed by atoms with E-state index in [2.05, 4.69) is 27.2 Å². The third-order valence-electron chi connectivity index (χ3n) is 5.88.